The average Bonchev–Trinajstić information content (AvgIpc) is 1.73. The molecule has 0 atom stereocenters. The SMILES string of the molecule is C=C(C)C=N.CC. The van der Waals surface area contributed by atoms with Gasteiger partial charge in [0.25, 0.3) is 0 Å². The minimum Gasteiger partial charge on any atom is -0.309 e. The fraction of sp³-hybridized carbons (Fsp3) is 0.500. The molecule has 0 amide bonds. The molecule has 0 aromatic carbocycles. The molecular weight excluding hydrogens is 86.1 g/mol. The minimum absolute atomic E-state index is 0.796. The summed E-state index contributed by atoms with van der Waals surface area (Å²) in [5.74, 6) is 0. The van der Waals surface area contributed by atoms with Gasteiger partial charge in [-0.3, -0.25) is 0 Å². The van der Waals surface area contributed by atoms with Crippen LogP contribution in [0.25, 0.3) is 0 Å². The first-order valence-corrected chi connectivity index (χ1v) is 2.43. The van der Waals surface area contributed by atoms with Crippen molar-refractivity contribution >= 4 is 6.21 Å². The van der Waals surface area contributed by atoms with E-state index in [1.165, 1.54) is 6.21 Å². The first kappa shape index (κ1) is 9.65. The van der Waals surface area contributed by atoms with Crippen LogP contribution in [0.3, 0.4) is 0 Å². The molecule has 1 N–H and O–H groups in total. The van der Waals surface area contributed by atoms with Crippen molar-refractivity contribution in [3.8, 4) is 0 Å². The Morgan fingerprint density at radius 2 is 1.71 bits per heavy atom. The summed E-state index contributed by atoms with van der Waals surface area (Å²) in [4.78, 5) is 0. The van der Waals surface area contributed by atoms with E-state index in [0.717, 1.165) is 5.57 Å². The zero-order valence-electron chi connectivity index (χ0n) is 5.28. The number of allylic oxidation sites excluding steroid dienone is 1. The summed E-state index contributed by atoms with van der Waals surface area (Å²) in [6, 6.07) is 0. The van der Waals surface area contributed by atoms with E-state index in [4.69, 9.17) is 5.41 Å². The van der Waals surface area contributed by atoms with Crippen molar-refractivity contribution in [2.75, 3.05) is 0 Å². The molecule has 0 heterocycles. The van der Waals surface area contributed by atoms with Crippen LogP contribution in [0.5, 0.6) is 0 Å². The number of nitrogens with one attached hydrogen (secondary N) is 1. The van der Waals surface area contributed by atoms with Gasteiger partial charge in [-0.2, -0.15) is 0 Å². The Morgan fingerprint density at radius 3 is 1.71 bits per heavy atom. The van der Waals surface area contributed by atoms with E-state index >= 15 is 0 Å². The van der Waals surface area contributed by atoms with Gasteiger partial charge in [-0.25, -0.2) is 0 Å². The maximum Gasteiger partial charge on any atom is 0.0201 e. The molecule has 1 heteroatoms. The van der Waals surface area contributed by atoms with Crippen LogP contribution in [0, 0.1) is 5.41 Å². The molecule has 1 nitrogen and oxygen atoms in total. The summed E-state index contributed by atoms with van der Waals surface area (Å²) in [5, 5.41) is 6.43. The van der Waals surface area contributed by atoms with Crippen molar-refractivity contribution in [1.29, 1.82) is 5.41 Å². The Morgan fingerprint density at radius 1 is 1.57 bits per heavy atom. The van der Waals surface area contributed by atoms with Gasteiger partial charge in [-0.15, -0.1) is 0 Å². The maximum absolute atomic E-state index is 6.43. The average molecular weight is 99.2 g/mol. The molecule has 7 heavy (non-hydrogen) atoms. The normalized spacial score (nSPS) is 5.57. The Balaban J connectivity index is 0. The second-order valence-electron chi connectivity index (χ2n) is 0.991. The smallest absolute Gasteiger partial charge is 0.0201 e. The molecule has 0 rings (SSSR count). The number of rotatable bonds is 1. The minimum atomic E-state index is 0.796. The molecule has 42 valence electrons. The highest BCUT2D eigenvalue weighted by Crippen LogP contribution is 1.71. The lowest BCUT2D eigenvalue weighted by Gasteiger charge is -1.69. The monoisotopic (exact) mass is 99.1 g/mol. The molecule has 0 radical (unpaired) electrons. The van der Waals surface area contributed by atoms with E-state index in [-0.39, 0.29) is 0 Å². The summed E-state index contributed by atoms with van der Waals surface area (Å²) in [6.07, 6.45) is 1.22. The van der Waals surface area contributed by atoms with Crippen LogP contribution in [-0.2, 0) is 0 Å². The Labute approximate surface area is 45.6 Å². The van der Waals surface area contributed by atoms with E-state index in [2.05, 4.69) is 6.58 Å². The summed E-state index contributed by atoms with van der Waals surface area (Å²) in [5.41, 5.74) is 0.796. The Kier molecular flexibility index (Phi) is 12.5. The van der Waals surface area contributed by atoms with Crippen molar-refractivity contribution in [1.82, 2.24) is 0 Å². The van der Waals surface area contributed by atoms with Gasteiger partial charge in [0.15, 0.2) is 0 Å². The number of hydrogen-bond donors (Lipinski definition) is 1. The zero-order chi connectivity index (χ0) is 6.28. The van der Waals surface area contributed by atoms with E-state index in [1.54, 1.807) is 6.92 Å². The van der Waals surface area contributed by atoms with Crippen LogP contribution in [0.4, 0.5) is 0 Å². The van der Waals surface area contributed by atoms with E-state index in [1.807, 2.05) is 13.8 Å². The highest BCUT2D eigenvalue weighted by atomic mass is 14.3. The van der Waals surface area contributed by atoms with Crippen molar-refractivity contribution < 1.29 is 0 Å². The highest BCUT2D eigenvalue weighted by Gasteiger charge is 1.61. The van der Waals surface area contributed by atoms with Gasteiger partial charge in [0.1, 0.15) is 0 Å². The maximum atomic E-state index is 6.43. The van der Waals surface area contributed by atoms with Gasteiger partial charge in [0.05, 0.1) is 0 Å². The van der Waals surface area contributed by atoms with Crippen molar-refractivity contribution in [2.24, 2.45) is 0 Å². The van der Waals surface area contributed by atoms with Crippen molar-refractivity contribution in [2.45, 2.75) is 20.8 Å². The lowest BCUT2D eigenvalue weighted by molar-refractivity contribution is 1.50. The van der Waals surface area contributed by atoms with Crippen LogP contribution in [0.2, 0.25) is 0 Å². The second-order valence-corrected chi connectivity index (χ2v) is 0.991. The summed E-state index contributed by atoms with van der Waals surface area (Å²) < 4.78 is 0. The van der Waals surface area contributed by atoms with Crippen LogP contribution < -0.4 is 0 Å². The zero-order valence-corrected chi connectivity index (χ0v) is 5.28. The fourth-order valence-corrected chi connectivity index (χ4v) is 0. The molecule has 0 spiro atoms. The van der Waals surface area contributed by atoms with Gasteiger partial charge in [0, 0.05) is 6.21 Å². The van der Waals surface area contributed by atoms with Gasteiger partial charge in [-0.1, -0.05) is 20.4 Å². The molecule has 0 fully saturated rings. The first-order valence-electron chi connectivity index (χ1n) is 2.43. The molecule has 0 aliphatic heterocycles. The molecule has 0 unspecified atom stereocenters. The van der Waals surface area contributed by atoms with Crippen LogP contribution in [-0.4, -0.2) is 6.21 Å². The predicted octanol–water partition coefficient (Wildman–Crippen LogP) is 2.24. The topological polar surface area (TPSA) is 23.9 Å². The van der Waals surface area contributed by atoms with Crippen molar-refractivity contribution in [3.05, 3.63) is 12.2 Å². The van der Waals surface area contributed by atoms with E-state index in [0.29, 0.717) is 0 Å². The van der Waals surface area contributed by atoms with E-state index < -0.39 is 0 Å². The molecule has 0 aromatic rings. The molecule has 0 saturated carbocycles. The Hall–Kier alpha value is -0.590. The first-order chi connectivity index (χ1) is 3.27. The third kappa shape index (κ3) is 31.6. The van der Waals surface area contributed by atoms with Gasteiger partial charge in [0.2, 0.25) is 0 Å². The van der Waals surface area contributed by atoms with E-state index in [9.17, 15) is 0 Å². The van der Waals surface area contributed by atoms with Gasteiger partial charge in [-0.05, 0) is 12.5 Å². The number of hydrogen-bond acceptors (Lipinski definition) is 1. The third-order valence-corrected chi connectivity index (χ3v) is 0.246. The fourth-order valence-electron chi connectivity index (χ4n) is 0. The van der Waals surface area contributed by atoms with Crippen LogP contribution in [0.1, 0.15) is 20.8 Å². The molecule has 0 aliphatic rings. The highest BCUT2D eigenvalue weighted by molar-refractivity contribution is 5.73. The second kappa shape index (κ2) is 9.05. The van der Waals surface area contributed by atoms with Crippen LogP contribution in [0.15, 0.2) is 12.2 Å². The van der Waals surface area contributed by atoms with Gasteiger partial charge < -0.3 is 5.41 Å². The molecule has 0 bridgehead atoms. The summed E-state index contributed by atoms with van der Waals surface area (Å²) >= 11 is 0. The predicted molar refractivity (Wildman–Crippen MR) is 34.9 cm³/mol. The molecule has 0 saturated heterocycles. The molecule has 0 aromatic heterocycles. The summed E-state index contributed by atoms with van der Waals surface area (Å²) in [7, 11) is 0. The standard InChI is InChI=1S/C4H7N.C2H6/c1-4(2)3-5;1-2/h3,5H,1H2,2H3;1-2H3. The Bertz CT molecular complexity index is 55.2. The largest absolute Gasteiger partial charge is 0.309 e. The lowest BCUT2D eigenvalue weighted by atomic mass is 10.4. The van der Waals surface area contributed by atoms with Crippen molar-refractivity contribution in [3.63, 3.8) is 0 Å². The molecular formula is C6H13N. The third-order valence-electron chi connectivity index (χ3n) is 0.246. The van der Waals surface area contributed by atoms with Gasteiger partial charge >= 0.3 is 0 Å². The lowest BCUT2D eigenvalue weighted by Crippen LogP contribution is -1.63. The van der Waals surface area contributed by atoms with Crippen LogP contribution >= 0.6 is 0 Å². The quantitative estimate of drug-likeness (QED) is 0.487. The molecule has 0 aliphatic carbocycles. The summed E-state index contributed by atoms with van der Waals surface area (Å²) in [6.45, 7) is 9.22.